The van der Waals surface area contributed by atoms with Crippen LogP contribution in [-0.2, 0) is 9.53 Å². The topological polar surface area (TPSA) is 74.6 Å². The first-order valence-electron chi connectivity index (χ1n) is 7.00. The van der Waals surface area contributed by atoms with Crippen LogP contribution in [-0.4, -0.2) is 50.3 Å². The SMILES string of the molecule is COc1ccc(Cl)cc1NCCC(=O)N1CCOC[C@@H]1C#N. The highest BCUT2D eigenvalue weighted by molar-refractivity contribution is 6.30. The van der Waals surface area contributed by atoms with E-state index in [2.05, 4.69) is 11.4 Å². The number of hydrogen-bond donors (Lipinski definition) is 1. The van der Waals surface area contributed by atoms with E-state index in [-0.39, 0.29) is 18.9 Å². The van der Waals surface area contributed by atoms with Crippen molar-refractivity contribution in [2.45, 2.75) is 12.5 Å². The van der Waals surface area contributed by atoms with Crippen molar-refractivity contribution in [1.82, 2.24) is 4.90 Å². The molecule has 1 saturated heterocycles. The van der Waals surface area contributed by atoms with Crippen LogP contribution in [0, 0.1) is 11.3 Å². The van der Waals surface area contributed by atoms with Gasteiger partial charge in [0.15, 0.2) is 0 Å². The van der Waals surface area contributed by atoms with E-state index in [1.807, 2.05) is 0 Å². The molecule has 22 heavy (non-hydrogen) atoms. The van der Waals surface area contributed by atoms with Crippen molar-refractivity contribution in [3.63, 3.8) is 0 Å². The summed E-state index contributed by atoms with van der Waals surface area (Å²) in [4.78, 5) is 13.8. The highest BCUT2D eigenvalue weighted by atomic mass is 35.5. The zero-order valence-corrected chi connectivity index (χ0v) is 13.1. The van der Waals surface area contributed by atoms with E-state index in [9.17, 15) is 4.79 Å². The molecule has 1 aliphatic rings. The minimum atomic E-state index is -0.498. The maximum atomic E-state index is 12.2. The van der Waals surface area contributed by atoms with Gasteiger partial charge < -0.3 is 19.7 Å². The van der Waals surface area contributed by atoms with E-state index >= 15 is 0 Å². The van der Waals surface area contributed by atoms with Crippen LogP contribution in [0.3, 0.4) is 0 Å². The number of halogens is 1. The molecule has 2 rings (SSSR count). The van der Waals surface area contributed by atoms with E-state index in [1.165, 1.54) is 0 Å². The van der Waals surface area contributed by atoms with Gasteiger partial charge in [0, 0.05) is 24.5 Å². The Labute approximate surface area is 134 Å². The quantitative estimate of drug-likeness (QED) is 0.895. The summed E-state index contributed by atoms with van der Waals surface area (Å²) in [5, 5.41) is 12.8. The van der Waals surface area contributed by atoms with E-state index in [0.717, 1.165) is 5.69 Å². The number of nitrogens with one attached hydrogen (secondary N) is 1. The first-order valence-corrected chi connectivity index (χ1v) is 7.37. The summed E-state index contributed by atoms with van der Waals surface area (Å²) in [7, 11) is 1.57. The minimum Gasteiger partial charge on any atom is -0.495 e. The third kappa shape index (κ3) is 4.03. The Morgan fingerprint density at radius 2 is 2.45 bits per heavy atom. The summed E-state index contributed by atoms with van der Waals surface area (Å²) < 4.78 is 10.4. The third-order valence-corrected chi connectivity index (χ3v) is 3.65. The van der Waals surface area contributed by atoms with Crippen molar-refractivity contribution in [3.05, 3.63) is 23.2 Å². The molecule has 1 aromatic carbocycles. The molecule has 118 valence electrons. The average molecular weight is 324 g/mol. The standard InChI is InChI=1S/C15H18ClN3O3/c1-21-14-3-2-11(16)8-13(14)18-5-4-15(20)19-6-7-22-10-12(19)9-17/h2-3,8,12,18H,4-7,10H2,1H3/t12-/m0/s1. The van der Waals surface area contributed by atoms with E-state index in [1.54, 1.807) is 30.2 Å². The van der Waals surface area contributed by atoms with Crippen LogP contribution >= 0.6 is 11.6 Å². The fourth-order valence-corrected chi connectivity index (χ4v) is 2.45. The second kappa shape index (κ2) is 7.87. The first-order chi connectivity index (χ1) is 10.7. The lowest BCUT2D eigenvalue weighted by atomic mass is 10.2. The number of morpholine rings is 1. The number of amides is 1. The van der Waals surface area contributed by atoms with Gasteiger partial charge in [0.2, 0.25) is 5.91 Å². The molecule has 0 aromatic heterocycles. The Morgan fingerprint density at radius 3 is 3.18 bits per heavy atom. The Bertz CT molecular complexity index is 574. The Kier molecular flexibility index (Phi) is 5.87. The van der Waals surface area contributed by atoms with E-state index in [0.29, 0.717) is 30.5 Å². The number of anilines is 1. The molecule has 0 saturated carbocycles. The van der Waals surface area contributed by atoms with Crippen molar-refractivity contribution < 1.29 is 14.3 Å². The molecule has 1 aromatic rings. The molecule has 0 aliphatic carbocycles. The van der Waals surface area contributed by atoms with Crippen LogP contribution < -0.4 is 10.1 Å². The summed E-state index contributed by atoms with van der Waals surface area (Å²) >= 11 is 5.95. The number of carbonyl (C=O) groups is 1. The van der Waals surface area contributed by atoms with Gasteiger partial charge in [0.1, 0.15) is 11.8 Å². The number of benzene rings is 1. The lowest BCUT2D eigenvalue weighted by Crippen LogP contribution is -2.48. The Hall–Kier alpha value is -1.97. The number of ether oxygens (including phenoxy) is 2. The molecule has 1 N–H and O–H groups in total. The third-order valence-electron chi connectivity index (χ3n) is 3.41. The molecule has 0 spiro atoms. The lowest BCUT2D eigenvalue weighted by Gasteiger charge is -2.31. The summed E-state index contributed by atoms with van der Waals surface area (Å²) in [6.45, 7) is 1.64. The van der Waals surface area contributed by atoms with Crippen molar-refractivity contribution in [1.29, 1.82) is 5.26 Å². The molecule has 1 fully saturated rings. The molecule has 0 unspecified atom stereocenters. The Morgan fingerprint density at radius 1 is 1.64 bits per heavy atom. The molecule has 6 nitrogen and oxygen atoms in total. The van der Waals surface area contributed by atoms with Gasteiger partial charge in [-0.3, -0.25) is 4.79 Å². The predicted octanol–water partition coefficient (Wildman–Crippen LogP) is 1.90. The maximum absolute atomic E-state index is 12.2. The molecule has 1 atom stereocenters. The van der Waals surface area contributed by atoms with Crippen molar-refractivity contribution in [3.8, 4) is 11.8 Å². The molecular formula is C15H18ClN3O3. The maximum Gasteiger partial charge on any atom is 0.225 e. The predicted molar refractivity (Wildman–Crippen MR) is 83.0 cm³/mol. The number of nitriles is 1. The molecule has 1 amide bonds. The van der Waals surface area contributed by atoms with Gasteiger partial charge >= 0.3 is 0 Å². The number of methoxy groups -OCH3 is 1. The largest absolute Gasteiger partial charge is 0.495 e. The first kappa shape index (κ1) is 16.4. The summed E-state index contributed by atoms with van der Waals surface area (Å²) in [5.74, 6) is 0.599. The van der Waals surface area contributed by atoms with Crippen molar-refractivity contribution in [2.24, 2.45) is 0 Å². The van der Waals surface area contributed by atoms with E-state index in [4.69, 9.17) is 26.3 Å². The number of carbonyl (C=O) groups excluding carboxylic acids is 1. The molecule has 0 bridgehead atoms. The highest BCUT2D eigenvalue weighted by Crippen LogP contribution is 2.27. The van der Waals surface area contributed by atoms with Gasteiger partial charge in [-0.15, -0.1) is 0 Å². The molecular weight excluding hydrogens is 306 g/mol. The average Bonchev–Trinajstić information content (AvgIpc) is 2.55. The van der Waals surface area contributed by atoms with Crippen molar-refractivity contribution in [2.75, 3.05) is 38.7 Å². The number of nitrogens with zero attached hydrogens (tertiary/aromatic N) is 2. The number of rotatable bonds is 5. The van der Waals surface area contributed by atoms with Gasteiger partial charge in [-0.1, -0.05) is 11.6 Å². The van der Waals surface area contributed by atoms with Crippen LogP contribution in [0.2, 0.25) is 5.02 Å². The van der Waals surface area contributed by atoms with Crippen LogP contribution in [0.15, 0.2) is 18.2 Å². The van der Waals surface area contributed by atoms with Gasteiger partial charge in [-0.25, -0.2) is 0 Å². The van der Waals surface area contributed by atoms with Crippen molar-refractivity contribution >= 4 is 23.2 Å². The molecule has 7 heteroatoms. The Balaban J connectivity index is 1.89. The summed E-state index contributed by atoms with van der Waals surface area (Å²) in [5.41, 5.74) is 0.738. The van der Waals surface area contributed by atoms with Gasteiger partial charge in [-0.2, -0.15) is 5.26 Å². The fraction of sp³-hybridized carbons (Fsp3) is 0.467. The summed E-state index contributed by atoms with van der Waals surface area (Å²) in [6, 6.07) is 6.84. The van der Waals surface area contributed by atoms with E-state index < -0.39 is 6.04 Å². The minimum absolute atomic E-state index is 0.0663. The van der Waals surface area contributed by atoms with Crippen LogP contribution in [0.25, 0.3) is 0 Å². The zero-order valence-electron chi connectivity index (χ0n) is 12.3. The van der Waals surface area contributed by atoms with Gasteiger partial charge in [0.05, 0.1) is 32.1 Å². The highest BCUT2D eigenvalue weighted by Gasteiger charge is 2.26. The zero-order chi connectivity index (χ0) is 15.9. The monoisotopic (exact) mass is 323 g/mol. The van der Waals surface area contributed by atoms with Crippen LogP contribution in [0.4, 0.5) is 5.69 Å². The normalized spacial score (nSPS) is 17.7. The second-order valence-electron chi connectivity index (χ2n) is 4.83. The number of hydrogen-bond acceptors (Lipinski definition) is 5. The summed E-state index contributed by atoms with van der Waals surface area (Å²) in [6.07, 6.45) is 0.286. The van der Waals surface area contributed by atoms with Gasteiger partial charge in [-0.05, 0) is 18.2 Å². The lowest BCUT2D eigenvalue weighted by molar-refractivity contribution is -0.137. The second-order valence-corrected chi connectivity index (χ2v) is 5.26. The van der Waals surface area contributed by atoms with Gasteiger partial charge in [0.25, 0.3) is 0 Å². The fourth-order valence-electron chi connectivity index (χ4n) is 2.28. The van der Waals surface area contributed by atoms with Crippen LogP contribution in [0.1, 0.15) is 6.42 Å². The van der Waals surface area contributed by atoms with Crippen LogP contribution in [0.5, 0.6) is 5.75 Å². The molecule has 1 aliphatic heterocycles. The molecule has 1 heterocycles. The smallest absolute Gasteiger partial charge is 0.225 e. The molecule has 0 radical (unpaired) electrons.